The zero-order valence-corrected chi connectivity index (χ0v) is 25.3. The number of carbonyl (C=O) groups excluding carboxylic acids is 3. The smallest absolute Gasteiger partial charge is 0.329 e. The molecule has 234 valence electrons. The molecule has 1 aliphatic rings. The highest BCUT2D eigenvalue weighted by molar-refractivity contribution is 6.02. The second kappa shape index (κ2) is 14.3. The summed E-state index contributed by atoms with van der Waals surface area (Å²) in [6.45, 7) is 1.02. The summed E-state index contributed by atoms with van der Waals surface area (Å²) in [6.07, 6.45) is 10.9. The fraction of sp³-hybridized carbons (Fsp3) is 0.484. The average Bonchev–Trinajstić information content (AvgIpc) is 3.71. The number of piperidine rings is 1. The fourth-order valence-electron chi connectivity index (χ4n) is 5.71. The van der Waals surface area contributed by atoms with E-state index in [0.29, 0.717) is 31.1 Å². The number of imide groups is 1. The number of benzene rings is 1. The number of nitrogens with one attached hydrogen (secondary N) is 3. The Morgan fingerprint density at radius 1 is 1.00 bits per heavy atom. The third-order valence-electron chi connectivity index (χ3n) is 8.09. The maximum Gasteiger partial charge on any atom is 0.329 e. The lowest BCUT2D eigenvalue weighted by molar-refractivity contribution is -0.135. The maximum absolute atomic E-state index is 12.9. The van der Waals surface area contributed by atoms with Crippen molar-refractivity contribution in [3.63, 3.8) is 0 Å². The number of anilines is 1. The van der Waals surface area contributed by atoms with E-state index in [4.69, 9.17) is 4.74 Å². The highest BCUT2D eigenvalue weighted by Gasteiger charge is 2.31. The summed E-state index contributed by atoms with van der Waals surface area (Å²) in [5.74, 6) is -0.439. The molecule has 1 aliphatic heterocycles. The summed E-state index contributed by atoms with van der Waals surface area (Å²) in [6, 6.07) is 8.75. The van der Waals surface area contributed by atoms with Gasteiger partial charge in [0.15, 0.2) is 0 Å². The Balaban J connectivity index is 0.957. The number of imidazole rings is 1. The standard InChI is InChI=1S/C31H40N8O5/c1-37-25-18-21(11-12-23(25)39(31(37)43)24-13-14-28(40)34-29(24)41)10-8-6-4-3-5-7-9-17-44-20-22-19-26(38(2)36-22)30(42)33-27-15-16-32-35-27/h11-12,15-16,18-19,24H,3-10,13-14,17,20H2,1-2H3,(H,34,40,41)(H2,32,33,35,42)/t24-/m0/s1. The van der Waals surface area contributed by atoms with E-state index < -0.39 is 11.9 Å². The number of aryl methyl sites for hydroxylation is 3. The summed E-state index contributed by atoms with van der Waals surface area (Å²) in [5, 5.41) is 16.0. The summed E-state index contributed by atoms with van der Waals surface area (Å²) < 4.78 is 10.4. The zero-order valence-electron chi connectivity index (χ0n) is 25.3. The van der Waals surface area contributed by atoms with Gasteiger partial charge in [0.05, 0.1) is 29.5 Å². The summed E-state index contributed by atoms with van der Waals surface area (Å²) in [4.78, 5) is 49.3. The summed E-state index contributed by atoms with van der Waals surface area (Å²) in [5.41, 5.74) is 3.62. The van der Waals surface area contributed by atoms with E-state index in [1.807, 2.05) is 18.2 Å². The summed E-state index contributed by atoms with van der Waals surface area (Å²) >= 11 is 0. The number of aromatic nitrogens is 6. The van der Waals surface area contributed by atoms with Crippen LogP contribution in [0.1, 0.15) is 85.6 Å². The molecule has 0 aliphatic carbocycles. The highest BCUT2D eigenvalue weighted by atomic mass is 16.5. The maximum atomic E-state index is 12.9. The number of rotatable bonds is 15. The van der Waals surface area contributed by atoms with E-state index in [9.17, 15) is 19.2 Å². The molecule has 4 aromatic rings. The molecule has 0 unspecified atom stereocenters. The fourth-order valence-corrected chi connectivity index (χ4v) is 5.71. The van der Waals surface area contributed by atoms with Crippen LogP contribution in [-0.4, -0.2) is 53.4 Å². The Morgan fingerprint density at radius 2 is 1.77 bits per heavy atom. The monoisotopic (exact) mass is 604 g/mol. The number of hydrogen-bond donors (Lipinski definition) is 3. The van der Waals surface area contributed by atoms with Gasteiger partial charge < -0.3 is 10.1 Å². The number of aromatic amines is 1. The number of fused-ring (bicyclic) bond motifs is 1. The molecule has 0 saturated carbocycles. The van der Waals surface area contributed by atoms with Gasteiger partial charge in [0.1, 0.15) is 17.6 Å². The van der Waals surface area contributed by atoms with E-state index in [0.717, 1.165) is 55.3 Å². The molecule has 0 radical (unpaired) electrons. The number of carbonyl (C=O) groups is 3. The molecule has 0 spiro atoms. The first-order chi connectivity index (χ1) is 21.3. The minimum Gasteiger partial charge on any atom is -0.375 e. The lowest BCUT2D eigenvalue weighted by Crippen LogP contribution is -2.44. The molecule has 1 fully saturated rings. The van der Waals surface area contributed by atoms with Crippen molar-refractivity contribution in [3.05, 3.63) is 64.0 Å². The lowest BCUT2D eigenvalue weighted by atomic mass is 10.0. The van der Waals surface area contributed by atoms with Gasteiger partial charge in [-0.25, -0.2) is 4.79 Å². The van der Waals surface area contributed by atoms with Crippen molar-refractivity contribution in [2.45, 2.75) is 76.9 Å². The Hall–Kier alpha value is -4.52. The predicted octanol–water partition coefficient (Wildman–Crippen LogP) is 3.52. The van der Waals surface area contributed by atoms with Crippen LogP contribution in [0.4, 0.5) is 5.82 Å². The van der Waals surface area contributed by atoms with Crippen LogP contribution < -0.4 is 16.3 Å². The topological polar surface area (TPSA) is 158 Å². The minimum atomic E-state index is -0.663. The van der Waals surface area contributed by atoms with Crippen molar-refractivity contribution in [1.29, 1.82) is 0 Å². The molecule has 3 N–H and O–H groups in total. The quantitative estimate of drug-likeness (QED) is 0.138. The van der Waals surface area contributed by atoms with Crippen molar-refractivity contribution in [2.24, 2.45) is 14.1 Å². The first-order valence-electron chi connectivity index (χ1n) is 15.3. The van der Waals surface area contributed by atoms with E-state index in [2.05, 4.69) is 25.9 Å². The van der Waals surface area contributed by atoms with E-state index in [-0.39, 0.29) is 23.9 Å². The van der Waals surface area contributed by atoms with Crippen molar-refractivity contribution in [1.82, 2.24) is 34.4 Å². The molecule has 44 heavy (non-hydrogen) atoms. The van der Waals surface area contributed by atoms with Crippen LogP contribution in [0.2, 0.25) is 0 Å². The third-order valence-corrected chi connectivity index (χ3v) is 8.09. The molecular formula is C31H40N8O5. The van der Waals surface area contributed by atoms with Crippen LogP contribution in [0.3, 0.4) is 0 Å². The van der Waals surface area contributed by atoms with Gasteiger partial charge in [-0.3, -0.25) is 38.6 Å². The number of ether oxygens (including phenoxy) is 1. The van der Waals surface area contributed by atoms with Gasteiger partial charge in [-0.2, -0.15) is 10.2 Å². The highest BCUT2D eigenvalue weighted by Crippen LogP contribution is 2.24. The van der Waals surface area contributed by atoms with Crippen LogP contribution in [-0.2, 0) is 41.4 Å². The van der Waals surface area contributed by atoms with Crippen molar-refractivity contribution in [2.75, 3.05) is 11.9 Å². The number of hydrogen-bond acceptors (Lipinski definition) is 7. The Kier molecular flexibility index (Phi) is 10.1. The largest absolute Gasteiger partial charge is 0.375 e. The minimum absolute atomic E-state index is 0.231. The predicted molar refractivity (Wildman–Crippen MR) is 164 cm³/mol. The molecule has 0 bridgehead atoms. The Morgan fingerprint density at radius 3 is 2.52 bits per heavy atom. The lowest BCUT2D eigenvalue weighted by Gasteiger charge is -2.21. The second-order valence-electron chi connectivity index (χ2n) is 11.3. The third kappa shape index (κ3) is 7.33. The van der Waals surface area contributed by atoms with E-state index in [1.54, 1.807) is 41.7 Å². The van der Waals surface area contributed by atoms with Gasteiger partial charge in [-0.1, -0.05) is 38.2 Å². The number of unbranched alkanes of at least 4 members (excludes halogenated alkanes) is 6. The molecule has 1 atom stereocenters. The SMILES string of the molecule is Cn1nc(COCCCCCCCCCc2ccc3c(c2)n(C)c(=O)n3[C@H]2CCC(=O)NC2=O)cc1C(=O)Nc1ccn[nH]1. The molecule has 3 aromatic heterocycles. The molecule has 13 nitrogen and oxygen atoms in total. The van der Waals surface area contributed by atoms with E-state index >= 15 is 0 Å². The number of amides is 3. The van der Waals surface area contributed by atoms with Crippen LogP contribution in [0.5, 0.6) is 0 Å². The molecule has 1 aromatic carbocycles. The van der Waals surface area contributed by atoms with Crippen LogP contribution in [0.25, 0.3) is 11.0 Å². The van der Waals surface area contributed by atoms with Crippen molar-refractivity contribution in [3.8, 4) is 0 Å². The van der Waals surface area contributed by atoms with Gasteiger partial charge in [-0.05, 0) is 49.4 Å². The van der Waals surface area contributed by atoms with Crippen LogP contribution in [0.15, 0.2) is 41.3 Å². The number of H-pyrrole nitrogens is 1. The molecule has 1 saturated heterocycles. The number of nitrogens with zero attached hydrogens (tertiary/aromatic N) is 5. The molecule has 4 heterocycles. The van der Waals surface area contributed by atoms with Crippen LogP contribution in [0, 0.1) is 0 Å². The average molecular weight is 605 g/mol. The molecular weight excluding hydrogens is 564 g/mol. The molecule has 13 heteroatoms. The van der Waals surface area contributed by atoms with Gasteiger partial charge in [0.25, 0.3) is 5.91 Å². The van der Waals surface area contributed by atoms with Crippen molar-refractivity contribution >= 4 is 34.6 Å². The van der Waals surface area contributed by atoms with Crippen LogP contribution >= 0.6 is 0 Å². The normalized spacial score (nSPS) is 15.2. The van der Waals surface area contributed by atoms with Gasteiger partial charge in [0, 0.05) is 33.2 Å². The Labute approximate surface area is 255 Å². The van der Waals surface area contributed by atoms with E-state index in [1.165, 1.54) is 23.0 Å². The molecule has 5 rings (SSSR count). The first-order valence-corrected chi connectivity index (χ1v) is 15.3. The zero-order chi connectivity index (χ0) is 31.1. The summed E-state index contributed by atoms with van der Waals surface area (Å²) in [7, 11) is 3.46. The van der Waals surface area contributed by atoms with Gasteiger partial charge in [0.2, 0.25) is 11.8 Å². The van der Waals surface area contributed by atoms with Crippen molar-refractivity contribution < 1.29 is 19.1 Å². The van der Waals surface area contributed by atoms with Gasteiger partial charge in [-0.15, -0.1) is 0 Å². The first kappa shape index (κ1) is 30.9. The van der Waals surface area contributed by atoms with Gasteiger partial charge >= 0.3 is 5.69 Å². The Bertz CT molecular complexity index is 1670. The second-order valence-corrected chi connectivity index (χ2v) is 11.3. The molecule has 3 amide bonds.